The van der Waals surface area contributed by atoms with E-state index in [1.54, 1.807) is 49.2 Å². The van der Waals surface area contributed by atoms with E-state index in [2.05, 4.69) is 4.72 Å². The van der Waals surface area contributed by atoms with Gasteiger partial charge in [0, 0.05) is 29.2 Å². The Morgan fingerprint density at radius 2 is 1.51 bits per heavy atom. The van der Waals surface area contributed by atoms with Crippen LogP contribution >= 0.6 is 11.8 Å². The van der Waals surface area contributed by atoms with Gasteiger partial charge >= 0.3 is 0 Å². The quantitative estimate of drug-likeness (QED) is 0.207. The normalized spacial score (nSPS) is 19.1. The number of hydrogen-bond acceptors (Lipinski definition) is 7. The van der Waals surface area contributed by atoms with Crippen LogP contribution in [0, 0.1) is 0 Å². The second kappa shape index (κ2) is 13.7. The Bertz CT molecular complexity index is 1510. The van der Waals surface area contributed by atoms with Crippen LogP contribution in [-0.4, -0.2) is 32.5 Å². The largest absolute Gasteiger partial charge is 0.496 e. The molecule has 0 unspecified atom stereocenters. The second-order valence-electron chi connectivity index (χ2n) is 9.69. The average molecular weight is 592 g/mol. The molecule has 9 heteroatoms. The van der Waals surface area contributed by atoms with E-state index in [0.29, 0.717) is 12.2 Å². The smallest absolute Gasteiger partial charge is 0.240 e. The van der Waals surface area contributed by atoms with Crippen molar-refractivity contribution in [2.75, 3.05) is 12.9 Å². The Hall–Kier alpha value is -3.18. The molecule has 0 bridgehead atoms. The van der Waals surface area contributed by atoms with Crippen LogP contribution in [0.2, 0.25) is 0 Å². The maximum absolute atomic E-state index is 12.6. The van der Waals surface area contributed by atoms with Crippen LogP contribution in [-0.2, 0) is 32.6 Å². The number of benzene rings is 4. The molecule has 1 fully saturated rings. The molecule has 7 nitrogen and oxygen atoms in total. The first kappa shape index (κ1) is 29.3. The van der Waals surface area contributed by atoms with E-state index in [1.807, 2.05) is 72.8 Å². The summed E-state index contributed by atoms with van der Waals surface area (Å²) in [4.78, 5) is 1.28. The summed E-state index contributed by atoms with van der Waals surface area (Å²) >= 11 is 1.68. The summed E-state index contributed by atoms with van der Waals surface area (Å²) in [5.74, 6) is 1.54. The molecule has 41 heavy (non-hydrogen) atoms. The van der Waals surface area contributed by atoms with Crippen LogP contribution in [0.15, 0.2) is 113 Å². The van der Waals surface area contributed by atoms with E-state index in [1.165, 1.54) is 0 Å². The number of sulfonamides is 1. The van der Waals surface area contributed by atoms with E-state index in [4.69, 9.17) is 14.2 Å². The predicted octanol–water partition coefficient (Wildman–Crippen LogP) is 6.00. The fourth-order valence-corrected chi connectivity index (χ4v) is 6.68. The highest BCUT2D eigenvalue weighted by Gasteiger charge is 2.32. The van der Waals surface area contributed by atoms with Gasteiger partial charge in [0.2, 0.25) is 10.0 Å². The summed E-state index contributed by atoms with van der Waals surface area (Å²) in [5, 5.41) is 9.45. The maximum atomic E-state index is 12.6. The maximum Gasteiger partial charge on any atom is 0.240 e. The lowest BCUT2D eigenvalue weighted by Gasteiger charge is -2.36. The van der Waals surface area contributed by atoms with Gasteiger partial charge < -0.3 is 19.3 Å². The van der Waals surface area contributed by atoms with Crippen molar-refractivity contribution in [3.63, 3.8) is 0 Å². The molecule has 0 saturated carbocycles. The number of thioether (sulfide) groups is 1. The lowest BCUT2D eigenvalue weighted by molar-refractivity contribution is -0.245. The number of aliphatic hydroxyl groups excluding tert-OH is 1. The van der Waals surface area contributed by atoms with Gasteiger partial charge in [0.05, 0.1) is 30.8 Å². The highest BCUT2D eigenvalue weighted by molar-refractivity contribution is 7.99. The van der Waals surface area contributed by atoms with Crippen molar-refractivity contribution in [2.45, 2.75) is 47.9 Å². The van der Waals surface area contributed by atoms with E-state index >= 15 is 0 Å². The van der Waals surface area contributed by atoms with Crippen molar-refractivity contribution in [1.82, 2.24) is 4.72 Å². The molecule has 0 aromatic heterocycles. The molecule has 0 spiro atoms. The molecular weight excluding hydrogens is 558 g/mol. The number of nitrogens with one attached hydrogen (secondary N) is 1. The number of hydrogen-bond donors (Lipinski definition) is 2. The first-order valence-electron chi connectivity index (χ1n) is 13.3. The highest BCUT2D eigenvalue weighted by atomic mass is 32.2. The number of rotatable bonds is 11. The Balaban J connectivity index is 1.30. The van der Waals surface area contributed by atoms with E-state index in [9.17, 15) is 13.5 Å². The third-order valence-corrected chi connectivity index (χ3v) is 9.48. The van der Waals surface area contributed by atoms with Gasteiger partial charge in [0.1, 0.15) is 5.75 Å². The van der Waals surface area contributed by atoms with Gasteiger partial charge in [0.15, 0.2) is 6.29 Å². The second-order valence-corrected chi connectivity index (χ2v) is 12.5. The Morgan fingerprint density at radius 3 is 2.22 bits per heavy atom. The molecule has 4 aromatic carbocycles. The van der Waals surface area contributed by atoms with Crippen LogP contribution in [0.5, 0.6) is 5.75 Å². The van der Waals surface area contributed by atoms with Gasteiger partial charge in [-0.1, -0.05) is 78.9 Å². The van der Waals surface area contributed by atoms with Crippen LogP contribution in [0.1, 0.15) is 41.1 Å². The first-order valence-corrected chi connectivity index (χ1v) is 15.8. The number of methoxy groups -OCH3 is 1. The molecule has 3 atom stereocenters. The van der Waals surface area contributed by atoms with E-state index in [-0.39, 0.29) is 30.3 Å². The fourth-order valence-electron chi connectivity index (χ4n) is 4.60. The van der Waals surface area contributed by atoms with Crippen LogP contribution < -0.4 is 9.46 Å². The summed E-state index contributed by atoms with van der Waals surface area (Å²) in [7, 11) is -1.93. The molecule has 1 saturated heterocycles. The average Bonchev–Trinajstić information content (AvgIpc) is 3.03. The topological polar surface area (TPSA) is 94.1 Å². The third-order valence-electron chi connectivity index (χ3n) is 6.88. The van der Waals surface area contributed by atoms with Gasteiger partial charge in [-0.25, -0.2) is 13.1 Å². The van der Waals surface area contributed by atoms with E-state index < -0.39 is 16.3 Å². The van der Waals surface area contributed by atoms with Crippen LogP contribution in [0.3, 0.4) is 0 Å². The van der Waals surface area contributed by atoms with Gasteiger partial charge in [-0.3, -0.25) is 0 Å². The molecule has 0 radical (unpaired) electrons. The van der Waals surface area contributed by atoms with Crippen molar-refractivity contribution in [1.29, 1.82) is 0 Å². The molecule has 1 aliphatic heterocycles. The SMILES string of the molecule is COc1ccccc1SC[C@H]1C[C@@H](c2ccc(CO)cc2)O[C@@H](c2ccc(CNS(=O)(=O)c3ccccc3)cc2)O1. The summed E-state index contributed by atoms with van der Waals surface area (Å²) in [6, 6.07) is 31.6. The van der Waals surface area contributed by atoms with Crippen LogP contribution in [0.25, 0.3) is 0 Å². The van der Waals surface area contributed by atoms with Crippen molar-refractivity contribution in [3.8, 4) is 5.75 Å². The first-order chi connectivity index (χ1) is 19.9. The number of ether oxygens (including phenoxy) is 3. The molecule has 4 aromatic rings. The molecule has 1 aliphatic rings. The molecule has 0 aliphatic carbocycles. The number of aliphatic hydroxyl groups is 1. The Morgan fingerprint density at radius 1 is 0.854 bits per heavy atom. The minimum atomic E-state index is -3.60. The van der Waals surface area contributed by atoms with Crippen molar-refractivity contribution < 1.29 is 27.7 Å². The lowest BCUT2D eigenvalue weighted by atomic mass is 10.0. The molecule has 5 rings (SSSR count). The predicted molar refractivity (Wildman–Crippen MR) is 159 cm³/mol. The Labute approximate surface area is 245 Å². The van der Waals surface area contributed by atoms with Gasteiger partial charge in [-0.15, -0.1) is 11.8 Å². The molecule has 1 heterocycles. The standard InChI is InChI=1S/C32H33NO6S2/c1-37-29-9-5-6-10-31(29)40-22-27-19-30(25-15-13-24(21-34)14-16-25)39-32(38-27)26-17-11-23(12-18-26)20-33-41(35,36)28-7-3-2-4-8-28/h2-18,27,30,32-34H,19-22H2,1H3/t27-,30+,32+/m1/s1. The monoisotopic (exact) mass is 591 g/mol. The fraction of sp³-hybridized carbons (Fsp3) is 0.250. The van der Waals surface area contributed by atoms with Gasteiger partial charge in [-0.2, -0.15) is 0 Å². The summed E-state index contributed by atoms with van der Waals surface area (Å²) in [5.41, 5.74) is 3.54. The van der Waals surface area contributed by atoms with E-state index in [0.717, 1.165) is 32.9 Å². The zero-order valence-electron chi connectivity index (χ0n) is 22.7. The van der Waals surface area contributed by atoms with Gasteiger partial charge in [0.25, 0.3) is 0 Å². The molecule has 214 valence electrons. The van der Waals surface area contributed by atoms with Crippen LogP contribution in [0.4, 0.5) is 0 Å². The summed E-state index contributed by atoms with van der Waals surface area (Å²) < 4.78 is 46.2. The minimum Gasteiger partial charge on any atom is -0.496 e. The van der Waals surface area contributed by atoms with Crippen molar-refractivity contribution in [3.05, 3.63) is 125 Å². The van der Waals surface area contributed by atoms with Crippen molar-refractivity contribution >= 4 is 21.8 Å². The van der Waals surface area contributed by atoms with Crippen molar-refractivity contribution in [2.24, 2.45) is 0 Å². The zero-order chi connectivity index (χ0) is 28.7. The Kier molecular flexibility index (Phi) is 9.76. The number of para-hydroxylation sites is 1. The molecule has 2 N–H and O–H groups in total. The molecule has 0 amide bonds. The lowest BCUT2D eigenvalue weighted by Crippen LogP contribution is -2.31. The summed E-state index contributed by atoms with van der Waals surface area (Å²) in [6.07, 6.45) is -0.202. The summed E-state index contributed by atoms with van der Waals surface area (Å²) in [6.45, 7) is 0.158. The zero-order valence-corrected chi connectivity index (χ0v) is 24.3. The third kappa shape index (κ3) is 7.56. The molecular formula is C32H33NO6S2. The van der Waals surface area contributed by atoms with Gasteiger partial charge in [-0.05, 0) is 41.0 Å². The highest BCUT2D eigenvalue weighted by Crippen LogP contribution is 2.40. The minimum absolute atomic E-state index is 0.0103.